The van der Waals surface area contributed by atoms with Crippen LogP contribution >= 0.6 is 11.6 Å². The standard InChI is InChI=1S/C22H28ClN3O2S/c23-20-6-8-21(9-7-20)26-15-13-25(14-16-26)12-11-24-29(27,28)22-10-5-18-3-1-2-4-19(18)17-22/h5-10,17,24H,1-4,11-16H2. The lowest BCUT2D eigenvalue weighted by molar-refractivity contribution is 0.262. The topological polar surface area (TPSA) is 52.7 Å². The van der Waals surface area contributed by atoms with Crippen LogP contribution in [-0.4, -0.2) is 52.6 Å². The van der Waals surface area contributed by atoms with E-state index in [1.807, 2.05) is 36.4 Å². The fourth-order valence-corrected chi connectivity index (χ4v) is 5.38. The Morgan fingerprint density at radius 3 is 2.31 bits per heavy atom. The number of rotatable bonds is 6. The van der Waals surface area contributed by atoms with Crippen molar-refractivity contribution < 1.29 is 8.42 Å². The van der Waals surface area contributed by atoms with Crippen molar-refractivity contribution in [2.24, 2.45) is 0 Å². The van der Waals surface area contributed by atoms with Crippen molar-refractivity contribution in [3.05, 3.63) is 58.6 Å². The highest BCUT2D eigenvalue weighted by molar-refractivity contribution is 7.89. The van der Waals surface area contributed by atoms with Crippen molar-refractivity contribution >= 4 is 27.3 Å². The molecule has 0 unspecified atom stereocenters. The molecule has 0 aromatic heterocycles. The van der Waals surface area contributed by atoms with Gasteiger partial charge in [0.15, 0.2) is 0 Å². The number of sulfonamides is 1. The highest BCUT2D eigenvalue weighted by Gasteiger charge is 2.20. The lowest BCUT2D eigenvalue weighted by atomic mass is 9.92. The second-order valence-electron chi connectivity index (χ2n) is 7.84. The molecule has 5 nitrogen and oxygen atoms in total. The van der Waals surface area contributed by atoms with Crippen molar-refractivity contribution in [2.75, 3.05) is 44.2 Å². The quantitative estimate of drug-likeness (QED) is 0.759. The normalized spacial score (nSPS) is 17.9. The predicted molar refractivity (Wildman–Crippen MR) is 118 cm³/mol. The van der Waals surface area contributed by atoms with E-state index in [9.17, 15) is 8.42 Å². The number of hydrogen-bond acceptors (Lipinski definition) is 4. The van der Waals surface area contributed by atoms with Crippen LogP contribution in [0.25, 0.3) is 0 Å². The second-order valence-corrected chi connectivity index (χ2v) is 10.0. The zero-order chi connectivity index (χ0) is 20.3. The van der Waals surface area contributed by atoms with Crippen LogP contribution in [0.3, 0.4) is 0 Å². The zero-order valence-corrected chi connectivity index (χ0v) is 18.2. The van der Waals surface area contributed by atoms with Gasteiger partial charge >= 0.3 is 0 Å². The summed E-state index contributed by atoms with van der Waals surface area (Å²) >= 11 is 5.96. The molecule has 29 heavy (non-hydrogen) atoms. The number of halogens is 1. The number of piperazine rings is 1. The van der Waals surface area contributed by atoms with Gasteiger partial charge < -0.3 is 4.90 Å². The smallest absolute Gasteiger partial charge is 0.240 e. The van der Waals surface area contributed by atoms with Gasteiger partial charge in [-0.1, -0.05) is 17.7 Å². The minimum atomic E-state index is -3.45. The van der Waals surface area contributed by atoms with E-state index < -0.39 is 10.0 Å². The van der Waals surface area contributed by atoms with E-state index >= 15 is 0 Å². The Bertz CT molecular complexity index is 939. The first-order chi connectivity index (χ1) is 14.0. The molecule has 1 saturated heterocycles. The molecule has 156 valence electrons. The monoisotopic (exact) mass is 433 g/mol. The van der Waals surface area contributed by atoms with Gasteiger partial charge in [-0.15, -0.1) is 0 Å². The average molecular weight is 434 g/mol. The number of nitrogens with zero attached hydrogens (tertiary/aromatic N) is 2. The van der Waals surface area contributed by atoms with E-state index in [2.05, 4.69) is 14.5 Å². The third-order valence-corrected chi connectivity index (χ3v) is 7.63. The number of fused-ring (bicyclic) bond motifs is 1. The third kappa shape index (κ3) is 5.12. The molecular weight excluding hydrogens is 406 g/mol. The van der Waals surface area contributed by atoms with Crippen LogP contribution in [0.1, 0.15) is 24.0 Å². The summed E-state index contributed by atoms with van der Waals surface area (Å²) in [7, 11) is -3.45. The van der Waals surface area contributed by atoms with Crippen LogP contribution in [0.5, 0.6) is 0 Å². The number of anilines is 1. The summed E-state index contributed by atoms with van der Waals surface area (Å²) in [6.45, 7) is 4.85. The number of aryl methyl sites for hydroxylation is 2. The van der Waals surface area contributed by atoms with Crippen molar-refractivity contribution in [2.45, 2.75) is 30.6 Å². The van der Waals surface area contributed by atoms with Crippen molar-refractivity contribution in [1.29, 1.82) is 0 Å². The molecule has 0 spiro atoms. The molecule has 2 aromatic rings. The van der Waals surface area contributed by atoms with Gasteiger partial charge in [0.05, 0.1) is 4.90 Å². The fourth-order valence-electron chi connectivity index (χ4n) is 4.18. The molecule has 0 bridgehead atoms. The Morgan fingerprint density at radius 2 is 1.59 bits per heavy atom. The summed E-state index contributed by atoms with van der Waals surface area (Å²) in [6.07, 6.45) is 4.39. The maximum absolute atomic E-state index is 12.7. The van der Waals surface area contributed by atoms with E-state index in [1.165, 1.54) is 23.2 Å². The molecule has 0 atom stereocenters. The molecule has 2 aliphatic rings. The molecule has 1 heterocycles. The van der Waals surface area contributed by atoms with E-state index in [4.69, 9.17) is 11.6 Å². The van der Waals surface area contributed by atoms with E-state index in [-0.39, 0.29) is 0 Å². The predicted octanol–water partition coefficient (Wildman–Crippen LogP) is 3.32. The molecular formula is C22H28ClN3O2S. The molecule has 2 aromatic carbocycles. The summed E-state index contributed by atoms with van der Waals surface area (Å²) in [4.78, 5) is 5.04. The molecule has 1 N–H and O–H groups in total. The molecule has 7 heteroatoms. The Balaban J connectivity index is 1.26. The van der Waals surface area contributed by atoms with Crippen molar-refractivity contribution in [3.63, 3.8) is 0 Å². The summed E-state index contributed by atoms with van der Waals surface area (Å²) in [5.41, 5.74) is 3.67. The van der Waals surface area contributed by atoms with Crippen LogP contribution < -0.4 is 9.62 Å². The van der Waals surface area contributed by atoms with E-state index in [0.29, 0.717) is 11.4 Å². The first-order valence-electron chi connectivity index (χ1n) is 10.4. The minimum Gasteiger partial charge on any atom is -0.369 e. The van der Waals surface area contributed by atoms with Gasteiger partial charge in [-0.05, 0) is 73.2 Å². The summed E-state index contributed by atoms with van der Waals surface area (Å²) in [5.74, 6) is 0. The SMILES string of the molecule is O=S(=O)(NCCN1CCN(c2ccc(Cl)cc2)CC1)c1ccc2c(c1)CCCC2. The van der Waals surface area contributed by atoms with E-state index in [1.54, 1.807) is 6.07 Å². The maximum atomic E-state index is 12.7. The summed E-state index contributed by atoms with van der Waals surface area (Å²) in [5, 5.41) is 0.749. The van der Waals surface area contributed by atoms with Gasteiger partial charge in [0.1, 0.15) is 0 Å². The first kappa shape index (κ1) is 20.7. The van der Waals surface area contributed by atoms with Gasteiger partial charge in [0.2, 0.25) is 10.0 Å². The molecule has 0 amide bonds. The Morgan fingerprint density at radius 1 is 0.897 bits per heavy atom. The van der Waals surface area contributed by atoms with Crippen LogP contribution in [0.4, 0.5) is 5.69 Å². The molecule has 1 fully saturated rings. The summed E-state index contributed by atoms with van der Waals surface area (Å²) in [6, 6.07) is 13.5. The molecule has 0 saturated carbocycles. The summed E-state index contributed by atoms with van der Waals surface area (Å²) < 4.78 is 28.1. The maximum Gasteiger partial charge on any atom is 0.240 e. The van der Waals surface area contributed by atoms with Crippen molar-refractivity contribution in [3.8, 4) is 0 Å². The largest absolute Gasteiger partial charge is 0.369 e. The molecule has 1 aliphatic heterocycles. The van der Waals surface area contributed by atoms with Gasteiger partial charge in [0.25, 0.3) is 0 Å². The van der Waals surface area contributed by atoms with Gasteiger partial charge in [0, 0.05) is 50.0 Å². The Hall–Kier alpha value is -1.60. The van der Waals surface area contributed by atoms with Crippen LogP contribution in [-0.2, 0) is 22.9 Å². The van der Waals surface area contributed by atoms with Crippen molar-refractivity contribution in [1.82, 2.24) is 9.62 Å². The van der Waals surface area contributed by atoms with E-state index in [0.717, 1.165) is 57.0 Å². The van der Waals surface area contributed by atoms with Gasteiger partial charge in [-0.2, -0.15) is 0 Å². The Labute approximate surface area is 178 Å². The number of nitrogens with one attached hydrogen (secondary N) is 1. The van der Waals surface area contributed by atoms with Gasteiger partial charge in [-0.25, -0.2) is 13.1 Å². The van der Waals surface area contributed by atoms with Gasteiger partial charge in [-0.3, -0.25) is 4.90 Å². The van der Waals surface area contributed by atoms with Crippen LogP contribution in [0.2, 0.25) is 5.02 Å². The molecule has 1 aliphatic carbocycles. The lowest BCUT2D eigenvalue weighted by Gasteiger charge is -2.36. The minimum absolute atomic E-state index is 0.394. The highest BCUT2D eigenvalue weighted by Crippen LogP contribution is 2.24. The first-order valence-corrected chi connectivity index (χ1v) is 12.2. The molecule has 0 radical (unpaired) electrons. The number of hydrogen-bond donors (Lipinski definition) is 1. The lowest BCUT2D eigenvalue weighted by Crippen LogP contribution is -2.48. The van der Waals surface area contributed by atoms with Crippen LogP contribution in [0, 0.1) is 0 Å². The number of benzene rings is 2. The Kier molecular flexibility index (Phi) is 6.44. The highest BCUT2D eigenvalue weighted by atomic mass is 35.5. The molecule has 4 rings (SSSR count). The average Bonchev–Trinajstić information content (AvgIpc) is 2.74. The fraction of sp³-hybridized carbons (Fsp3) is 0.455. The zero-order valence-electron chi connectivity index (χ0n) is 16.6. The second kappa shape index (κ2) is 9.04. The van der Waals surface area contributed by atoms with Crippen LogP contribution in [0.15, 0.2) is 47.4 Å². The third-order valence-electron chi connectivity index (χ3n) is 5.91.